The lowest BCUT2D eigenvalue weighted by atomic mass is 10.0. The summed E-state index contributed by atoms with van der Waals surface area (Å²) in [5.74, 6) is 1.49. The lowest BCUT2D eigenvalue weighted by Gasteiger charge is -2.15. The summed E-state index contributed by atoms with van der Waals surface area (Å²) in [6, 6.07) is 18.5. The first-order chi connectivity index (χ1) is 13.7. The van der Waals surface area contributed by atoms with Crippen molar-refractivity contribution in [1.29, 1.82) is 0 Å². The molecule has 0 saturated carbocycles. The Balaban J connectivity index is 1.35. The second kappa shape index (κ2) is 8.46. The van der Waals surface area contributed by atoms with Gasteiger partial charge in [-0.05, 0) is 36.1 Å². The number of nitrogens with two attached hydrogens (primary N) is 1. The maximum Gasteiger partial charge on any atom is 0.275 e. The molecule has 1 atom stereocenters. The van der Waals surface area contributed by atoms with Gasteiger partial charge in [-0.2, -0.15) is 0 Å². The van der Waals surface area contributed by atoms with E-state index in [1.54, 1.807) is 11.3 Å². The van der Waals surface area contributed by atoms with Gasteiger partial charge in [0, 0.05) is 12.1 Å². The summed E-state index contributed by atoms with van der Waals surface area (Å²) in [6.07, 6.45) is 0. The Hall–Kier alpha value is -2.83. The van der Waals surface area contributed by atoms with Crippen molar-refractivity contribution in [2.45, 2.75) is 19.5 Å². The fourth-order valence-electron chi connectivity index (χ4n) is 3.21. The molecule has 5 nitrogen and oxygen atoms in total. The maximum absolute atomic E-state index is 12.4. The number of benzene rings is 2. The van der Waals surface area contributed by atoms with Crippen LogP contribution in [0.3, 0.4) is 0 Å². The summed E-state index contributed by atoms with van der Waals surface area (Å²) in [4.78, 5) is 13.7. The van der Waals surface area contributed by atoms with Crippen molar-refractivity contribution < 1.29 is 19.6 Å². The molecule has 4 rings (SSSR count). The number of hydrogen-bond donors (Lipinski definition) is 2. The van der Waals surface area contributed by atoms with Gasteiger partial charge in [-0.3, -0.25) is 4.79 Å². The number of carbonyl (C=O) groups excluding carboxylic acids is 1. The Kier molecular flexibility index (Phi) is 5.60. The number of nitrogens with one attached hydrogen (secondary N) is 1. The number of ether oxygens (including phenoxy) is 2. The first-order valence-corrected chi connectivity index (χ1v) is 10.2. The van der Waals surface area contributed by atoms with Gasteiger partial charge in [0.2, 0.25) is 6.79 Å². The van der Waals surface area contributed by atoms with Gasteiger partial charge in [0.1, 0.15) is 6.04 Å². The molecule has 3 aromatic rings. The largest absolute Gasteiger partial charge is 0.454 e. The SMILES string of the molecule is Cc1ccc([C@@H]([NH2+]CC(=O)NCc2ccc3c(c2)OCO3)c2cccs2)cc1. The summed E-state index contributed by atoms with van der Waals surface area (Å²) in [6.45, 7) is 3.17. The topological polar surface area (TPSA) is 64.2 Å². The van der Waals surface area contributed by atoms with Crippen LogP contribution in [-0.4, -0.2) is 19.2 Å². The molecule has 0 bridgehead atoms. The molecule has 2 aromatic carbocycles. The zero-order chi connectivity index (χ0) is 19.3. The Morgan fingerprint density at radius 2 is 1.96 bits per heavy atom. The predicted octanol–water partition coefficient (Wildman–Crippen LogP) is 2.75. The smallest absolute Gasteiger partial charge is 0.275 e. The summed E-state index contributed by atoms with van der Waals surface area (Å²) in [5.41, 5.74) is 3.43. The van der Waals surface area contributed by atoms with E-state index in [1.165, 1.54) is 16.0 Å². The number of fused-ring (bicyclic) bond motifs is 1. The van der Waals surface area contributed by atoms with Crippen molar-refractivity contribution in [1.82, 2.24) is 5.32 Å². The third kappa shape index (κ3) is 4.35. The number of carbonyl (C=O) groups is 1. The van der Waals surface area contributed by atoms with E-state index in [-0.39, 0.29) is 18.7 Å². The van der Waals surface area contributed by atoms with Gasteiger partial charge in [0.15, 0.2) is 18.0 Å². The van der Waals surface area contributed by atoms with Crippen LogP contribution >= 0.6 is 11.3 Å². The number of hydrogen-bond acceptors (Lipinski definition) is 4. The average Bonchev–Trinajstić information content (AvgIpc) is 3.39. The molecule has 6 heteroatoms. The molecule has 2 heterocycles. The lowest BCUT2D eigenvalue weighted by Crippen LogP contribution is -2.87. The van der Waals surface area contributed by atoms with Crippen LogP contribution in [0, 0.1) is 6.92 Å². The molecule has 0 aliphatic carbocycles. The molecule has 0 saturated heterocycles. The second-order valence-electron chi connectivity index (χ2n) is 6.81. The van der Waals surface area contributed by atoms with E-state index in [2.05, 4.69) is 59.3 Å². The van der Waals surface area contributed by atoms with Crippen molar-refractivity contribution in [2.75, 3.05) is 13.3 Å². The van der Waals surface area contributed by atoms with Gasteiger partial charge in [0.05, 0.1) is 4.88 Å². The minimum absolute atomic E-state index is 0.00587. The maximum atomic E-state index is 12.4. The minimum Gasteiger partial charge on any atom is -0.454 e. The summed E-state index contributed by atoms with van der Waals surface area (Å²) < 4.78 is 10.7. The molecule has 1 amide bonds. The third-order valence-corrected chi connectivity index (χ3v) is 5.71. The van der Waals surface area contributed by atoms with E-state index >= 15 is 0 Å². The fourth-order valence-corrected chi connectivity index (χ4v) is 4.06. The molecule has 28 heavy (non-hydrogen) atoms. The minimum atomic E-state index is 0.00587. The Morgan fingerprint density at radius 1 is 1.14 bits per heavy atom. The van der Waals surface area contributed by atoms with Crippen molar-refractivity contribution in [3.63, 3.8) is 0 Å². The van der Waals surface area contributed by atoms with Crippen molar-refractivity contribution in [3.8, 4) is 11.5 Å². The molecule has 0 spiro atoms. The Labute approximate surface area is 168 Å². The van der Waals surface area contributed by atoms with E-state index in [4.69, 9.17) is 9.47 Å². The molecule has 0 radical (unpaired) electrons. The number of thiophene rings is 1. The first-order valence-electron chi connectivity index (χ1n) is 9.27. The van der Waals surface area contributed by atoms with Crippen molar-refractivity contribution in [3.05, 3.63) is 81.5 Å². The molecule has 1 aliphatic heterocycles. The quantitative estimate of drug-likeness (QED) is 0.647. The summed E-state index contributed by atoms with van der Waals surface area (Å²) in [7, 11) is 0. The van der Waals surface area contributed by atoms with Gasteiger partial charge in [0.25, 0.3) is 5.91 Å². The van der Waals surface area contributed by atoms with Crippen LogP contribution in [-0.2, 0) is 11.3 Å². The lowest BCUT2D eigenvalue weighted by molar-refractivity contribution is -0.676. The highest BCUT2D eigenvalue weighted by molar-refractivity contribution is 7.10. The van der Waals surface area contributed by atoms with E-state index in [0.29, 0.717) is 13.1 Å². The number of amides is 1. The number of quaternary nitrogens is 1. The normalized spacial score (nSPS) is 13.3. The zero-order valence-electron chi connectivity index (χ0n) is 15.7. The molecule has 0 unspecified atom stereocenters. The van der Waals surface area contributed by atoms with Crippen LogP contribution in [0.2, 0.25) is 0 Å². The zero-order valence-corrected chi connectivity index (χ0v) is 16.5. The second-order valence-corrected chi connectivity index (χ2v) is 7.79. The first kappa shape index (κ1) is 18.5. The Bertz CT molecular complexity index is 939. The van der Waals surface area contributed by atoms with Gasteiger partial charge in [-0.15, -0.1) is 11.3 Å². The molecular weight excluding hydrogens is 372 g/mol. The van der Waals surface area contributed by atoms with Crippen molar-refractivity contribution >= 4 is 17.2 Å². The highest BCUT2D eigenvalue weighted by atomic mass is 32.1. The standard InChI is InChI=1S/C22H22N2O3S/c1-15-4-7-17(8-5-15)22(20-3-2-10-28-20)24-13-21(25)23-12-16-6-9-18-19(11-16)27-14-26-18/h2-11,22,24H,12-14H2,1H3,(H,23,25)/p+1/t22-/m1/s1. The van der Waals surface area contributed by atoms with Gasteiger partial charge in [-0.1, -0.05) is 42.0 Å². The summed E-state index contributed by atoms with van der Waals surface area (Å²) >= 11 is 1.71. The molecule has 1 aliphatic rings. The Morgan fingerprint density at radius 3 is 2.75 bits per heavy atom. The number of aryl methyl sites for hydroxylation is 1. The average molecular weight is 396 g/mol. The van der Waals surface area contributed by atoms with Crippen LogP contribution in [0.1, 0.15) is 27.6 Å². The van der Waals surface area contributed by atoms with Crippen LogP contribution in [0.5, 0.6) is 11.5 Å². The molecular formula is C22H23N2O3S+. The van der Waals surface area contributed by atoms with E-state index in [1.807, 2.05) is 18.2 Å². The van der Waals surface area contributed by atoms with Crippen LogP contribution in [0.15, 0.2) is 60.0 Å². The molecule has 0 fully saturated rings. The van der Waals surface area contributed by atoms with Crippen molar-refractivity contribution in [2.24, 2.45) is 0 Å². The molecule has 3 N–H and O–H groups in total. The van der Waals surface area contributed by atoms with E-state index < -0.39 is 0 Å². The molecule has 144 valence electrons. The third-order valence-electron chi connectivity index (χ3n) is 4.75. The fraction of sp³-hybridized carbons (Fsp3) is 0.227. The highest BCUT2D eigenvalue weighted by Gasteiger charge is 2.20. The van der Waals surface area contributed by atoms with Crippen LogP contribution in [0.4, 0.5) is 0 Å². The van der Waals surface area contributed by atoms with E-state index in [0.717, 1.165) is 17.1 Å². The van der Waals surface area contributed by atoms with Gasteiger partial charge < -0.3 is 20.1 Å². The number of rotatable bonds is 7. The highest BCUT2D eigenvalue weighted by Crippen LogP contribution is 2.32. The van der Waals surface area contributed by atoms with Gasteiger partial charge >= 0.3 is 0 Å². The van der Waals surface area contributed by atoms with E-state index in [9.17, 15) is 4.79 Å². The summed E-state index contributed by atoms with van der Waals surface area (Å²) in [5, 5.41) is 7.15. The van der Waals surface area contributed by atoms with Gasteiger partial charge in [-0.25, -0.2) is 0 Å². The molecule has 1 aromatic heterocycles. The van der Waals surface area contributed by atoms with Crippen LogP contribution < -0.4 is 20.1 Å². The van der Waals surface area contributed by atoms with Crippen LogP contribution in [0.25, 0.3) is 0 Å². The predicted molar refractivity (Wildman–Crippen MR) is 109 cm³/mol. The monoisotopic (exact) mass is 395 g/mol.